The van der Waals surface area contributed by atoms with Crippen molar-refractivity contribution in [2.75, 3.05) is 45.2 Å². The number of amides is 2. The number of rotatable bonds is 5. The molecule has 30 heavy (non-hydrogen) atoms. The average Bonchev–Trinajstić information content (AvgIpc) is 2.78. The predicted molar refractivity (Wildman–Crippen MR) is 122 cm³/mol. The van der Waals surface area contributed by atoms with Gasteiger partial charge in [-0.2, -0.15) is 0 Å². The highest BCUT2D eigenvalue weighted by molar-refractivity contribution is 5.83. The van der Waals surface area contributed by atoms with Crippen molar-refractivity contribution in [3.63, 3.8) is 0 Å². The van der Waals surface area contributed by atoms with Gasteiger partial charge in [0.05, 0.1) is 0 Å². The molecule has 1 fully saturated rings. The Labute approximate surface area is 178 Å². The smallest absolute Gasteiger partial charge is 0.317 e. The number of fused-ring (bicyclic) bond motifs is 1. The van der Waals surface area contributed by atoms with Crippen LogP contribution in [0.3, 0.4) is 0 Å². The lowest BCUT2D eigenvalue weighted by Gasteiger charge is -2.33. The summed E-state index contributed by atoms with van der Waals surface area (Å²) in [5.74, 6) is 1.01. The lowest BCUT2D eigenvalue weighted by molar-refractivity contribution is 0.206. The second-order valence-corrected chi connectivity index (χ2v) is 8.01. The molecule has 0 bridgehead atoms. The van der Waals surface area contributed by atoms with Crippen molar-refractivity contribution in [3.05, 3.63) is 71.9 Å². The third-order valence-electron chi connectivity index (χ3n) is 5.66. The van der Waals surface area contributed by atoms with Gasteiger partial charge in [-0.1, -0.05) is 42.5 Å². The summed E-state index contributed by atoms with van der Waals surface area (Å²) in [7, 11) is 3.97. The normalized spacial score (nSPS) is 14.7. The standard InChI is InChI=1S/C24H29N5O/c1-27-11-13-29(14-12-27)23-10-8-20(16-25-23)17-26-24(30)28(2)18-19-7-9-21-5-3-4-6-22(21)15-19/h3-10,15-16H,11-14,17-18H2,1-2H3,(H,26,30). The lowest BCUT2D eigenvalue weighted by atomic mass is 10.1. The highest BCUT2D eigenvalue weighted by atomic mass is 16.2. The second-order valence-electron chi connectivity index (χ2n) is 8.01. The first kappa shape index (κ1) is 20.2. The minimum absolute atomic E-state index is 0.0914. The Bertz CT molecular complexity index is 996. The molecule has 6 heteroatoms. The van der Waals surface area contributed by atoms with E-state index in [9.17, 15) is 4.79 Å². The van der Waals surface area contributed by atoms with E-state index < -0.39 is 0 Å². The van der Waals surface area contributed by atoms with Crippen molar-refractivity contribution in [1.29, 1.82) is 0 Å². The van der Waals surface area contributed by atoms with Gasteiger partial charge in [0.25, 0.3) is 0 Å². The van der Waals surface area contributed by atoms with Crippen molar-refractivity contribution in [2.24, 2.45) is 0 Å². The number of carbonyl (C=O) groups is 1. The molecule has 6 nitrogen and oxygen atoms in total. The number of anilines is 1. The summed E-state index contributed by atoms with van der Waals surface area (Å²) < 4.78 is 0. The number of benzene rings is 2. The van der Waals surface area contributed by atoms with Crippen LogP contribution >= 0.6 is 0 Å². The molecule has 1 aliphatic heterocycles. The molecule has 1 saturated heterocycles. The molecule has 0 saturated carbocycles. The van der Waals surface area contributed by atoms with E-state index in [0.717, 1.165) is 43.1 Å². The number of nitrogens with zero attached hydrogens (tertiary/aromatic N) is 4. The van der Waals surface area contributed by atoms with Crippen LogP contribution in [-0.4, -0.2) is 61.1 Å². The minimum atomic E-state index is -0.0914. The zero-order valence-electron chi connectivity index (χ0n) is 17.7. The lowest BCUT2D eigenvalue weighted by Crippen LogP contribution is -2.44. The third-order valence-corrected chi connectivity index (χ3v) is 5.66. The topological polar surface area (TPSA) is 51.7 Å². The molecule has 2 aromatic carbocycles. The zero-order chi connectivity index (χ0) is 20.9. The van der Waals surface area contributed by atoms with Crippen LogP contribution in [0.1, 0.15) is 11.1 Å². The molecule has 1 aliphatic rings. The van der Waals surface area contributed by atoms with Crippen LogP contribution in [0.4, 0.5) is 10.6 Å². The summed E-state index contributed by atoms with van der Waals surface area (Å²) in [6, 6.07) is 18.6. The molecule has 0 spiro atoms. The minimum Gasteiger partial charge on any atom is -0.354 e. The molecular weight excluding hydrogens is 374 g/mol. The fourth-order valence-electron chi connectivity index (χ4n) is 3.74. The summed E-state index contributed by atoms with van der Waals surface area (Å²) >= 11 is 0. The first-order valence-corrected chi connectivity index (χ1v) is 10.4. The molecule has 0 radical (unpaired) electrons. The Morgan fingerprint density at radius 3 is 2.47 bits per heavy atom. The summed E-state index contributed by atoms with van der Waals surface area (Å²) in [4.78, 5) is 23.4. The highest BCUT2D eigenvalue weighted by Crippen LogP contribution is 2.17. The van der Waals surface area contributed by atoms with Crippen molar-refractivity contribution < 1.29 is 4.79 Å². The molecule has 0 atom stereocenters. The van der Waals surface area contributed by atoms with Gasteiger partial charge in [-0.15, -0.1) is 0 Å². The maximum Gasteiger partial charge on any atom is 0.317 e. The van der Waals surface area contributed by atoms with Crippen LogP contribution in [-0.2, 0) is 13.1 Å². The molecule has 0 aliphatic carbocycles. The van der Waals surface area contributed by atoms with E-state index in [0.29, 0.717) is 13.1 Å². The van der Waals surface area contributed by atoms with Crippen molar-refractivity contribution in [3.8, 4) is 0 Å². The maximum atomic E-state index is 12.5. The monoisotopic (exact) mass is 403 g/mol. The number of hydrogen-bond acceptors (Lipinski definition) is 4. The fourth-order valence-corrected chi connectivity index (χ4v) is 3.74. The Hall–Kier alpha value is -3.12. The Morgan fingerprint density at radius 1 is 1.00 bits per heavy atom. The molecule has 3 aromatic rings. The Morgan fingerprint density at radius 2 is 1.73 bits per heavy atom. The molecule has 2 amide bonds. The van der Waals surface area contributed by atoms with Gasteiger partial charge in [0.2, 0.25) is 0 Å². The second kappa shape index (κ2) is 9.13. The quantitative estimate of drug-likeness (QED) is 0.710. The van der Waals surface area contributed by atoms with Gasteiger partial charge in [0, 0.05) is 52.5 Å². The van der Waals surface area contributed by atoms with Crippen LogP contribution in [0.2, 0.25) is 0 Å². The van der Waals surface area contributed by atoms with Crippen LogP contribution in [0.5, 0.6) is 0 Å². The maximum absolute atomic E-state index is 12.5. The van der Waals surface area contributed by atoms with E-state index in [-0.39, 0.29) is 6.03 Å². The third kappa shape index (κ3) is 4.89. The van der Waals surface area contributed by atoms with E-state index in [1.807, 2.05) is 37.5 Å². The van der Waals surface area contributed by atoms with E-state index >= 15 is 0 Å². The Balaban J connectivity index is 1.29. The van der Waals surface area contributed by atoms with Gasteiger partial charge in [-0.05, 0) is 41.1 Å². The van der Waals surface area contributed by atoms with Crippen LogP contribution in [0.25, 0.3) is 10.8 Å². The van der Waals surface area contributed by atoms with E-state index in [1.54, 1.807) is 4.90 Å². The van der Waals surface area contributed by atoms with Crippen LogP contribution in [0.15, 0.2) is 60.8 Å². The number of likely N-dealkylation sites (N-methyl/N-ethyl adjacent to an activating group) is 1. The van der Waals surface area contributed by atoms with Crippen LogP contribution < -0.4 is 10.2 Å². The van der Waals surface area contributed by atoms with Gasteiger partial charge in [0.15, 0.2) is 0 Å². The number of nitrogens with one attached hydrogen (secondary N) is 1. The first-order valence-electron chi connectivity index (χ1n) is 10.4. The van der Waals surface area contributed by atoms with E-state index in [4.69, 9.17) is 0 Å². The van der Waals surface area contributed by atoms with Crippen molar-refractivity contribution >= 4 is 22.6 Å². The number of piperazine rings is 1. The zero-order valence-corrected chi connectivity index (χ0v) is 17.7. The van der Waals surface area contributed by atoms with Crippen LogP contribution in [0, 0.1) is 0 Å². The summed E-state index contributed by atoms with van der Waals surface area (Å²) in [6.45, 7) is 5.15. The summed E-state index contributed by atoms with van der Waals surface area (Å²) in [5, 5.41) is 5.39. The SMILES string of the molecule is CN1CCN(c2ccc(CNC(=O)N(C)Cc3ccc4ccccc4c3)cn2)CC1. The number of hydrogen-bond donors (Lipinski definition) is 1. The number of aromatic nitrogens is 1. The molecule has 4 rings (SSSR count). The molecule has 0 unspecified atom stereocenters. The summed E-state index contributed by atoms with van der Waals surface area (Å²) in [6.07, 6.45) is 1.86. The molecule has 2 heterocycles. The number of urea groups is 1. The molecule has 1 N–H and O–H groups in total. The number of carbonyl (C=O) groups excluding carboxylic acids is 1. The summed E-state index contributed by atoms with van der Waals surface area (Å²) in [5.41, 5.74) is 2.12. The molecule has 1 aromatic heterocycles. The van der Waals surface area contributed by atoms with Crippen molar-refractivity contribution in [1.82, 2.24) is 20.1 Å². The van der Waals surface area contributed by atoms with Gasteiger partial charge in [-0.3, -0.25) is 0 Å². The molecule has 156 valence electrons. The highest BCUT2D eigenvalue weighted by Gasteiger charge is 2.15. The molecular formula is C24H29N5O. The van der Waals surface area contributed by atoms with Gasteiger partial charge >= 0.3 is 6.03 Å². The number of pyridine rings is 1. The first-order chi connectivity index (χ1) is 14.6. The van der Waals surface area contributed by atoms with Gasteiger partial charge in [0.1, 0.15) is 5.82 Å². The van der Waals surface area contributed by atoms with Crippen molar-refractivity contribution in [2.45, 2.75) is 13.1 Å². The van der Waals surface area contributed by atoms with Gasteiger partial charge < -0.3 is 20.0 Å². The average molecular weight is 404 g/mol. The van der Waals surface area contributed by atoms with E-state index in [2.05, 4.69) is 57.5 Å². The largest absolute Gasteiger partial charge is 0.354 e. The predicted octanol–water partition coefficient (Wildman–Crippen LogP) is 3.33. The van der Waals surface area contributed by atoms with Gasteiger partial charge in [-0.25, -0.2) is 9.78 Å². The Kier molecular flexibility index (Phi) is 6.14. The fraction of sp³-hybridized carbons (Fsp3) is 0.333. The van der Waals surface area contributed by atoms with E-state index in [1.165, 1.54) is 10.8 Å².